The first-order valence-electron chi connectivity index (χ1n) is 7.09. The van der Waals surface area contributed by atoms with Crippen molar-refractivity contribution in [3.05, 3.63) is 34.9 Å². The van der Waals surface area contributed by atoms with Crippen molar-refractivity contribution in [3.8, 4) is 0 Å². The van der Waals surface area contributed by atoms with Gasteiger partial charge in [0.15, 0.2) is 0 Å². The van der Waals surface area contributed by atoms with Gasteiger partial charge in [0.1, 0.15) is 0 Å². The monoisotopic (exact) mass is 230 g/mol. The van der Waals surface area contributed by atoms with Crippen molar-refractivity contribution in [1.82, 2.24) is 0 Å². The number of benzene rings is 1. The van der Waals surface area contributed by atoms with Crippen molar-refractivity contribution in [1.29, 1.82) is 0 Å². The van der Waals surface area contributed by atoms with Gasteiger partial charge in [-0.25, -0.2) is 0 Å². The van der Waals surface area contributed by atoms with Gasteiger partial charge in [-0.05, 0) is 49.1 Å². The van der Waals surface area contributed by atoms with E-state index in [0.717, 1.165) is 5.92 Å². The summed E-state index contributed by atoms with van der Waals surface area (Å²) in [6, 6.07) is 6.96. The topological polar surface area (TPSA) is 0 Å². The normalized spacial score (nSPS) is 18.4. The van der Waals surface area contributed by atoms with Crippen LogP contribution in [0.1, 0.15) is 62.6 Å². The highest BCUT2D eigenvalue weighted by molar-refractivity contribution is 5.36. The van der Waals surface area contributed by atoms with E-state index in [0.29, 0.717) is 5.41 Å². The minimum absolute atomic E-state index is 0.345. The lowest BCUT2D eigenvalue weighted by molar-refractivity contribution is 0.235. The summed E-state index contributed by atoms with van der Waals surface area (Å²) < 4.78 is 0. The first kappa shape index (κ1) is 12.7. The second-order valence-electron chi connectivity index (χ2n) is 6.37. The van der Waals surface area contributed by atoms with Gasteiger partial charge in [0.2, 0.25) is 0 Å². The molecule has 0 bridgehead atoms. The van der Waals surface area contributed by atoms with Crippen LogP contribution in [0.2, 0.25) is 0 Å². The average Bonchev–Trinajstić information content (AvgIpc) is 2.29. The molecule has 0 nitrogen and oxygen atoms in total. The number of aryl methyl sites for hydroxylation is 2. The van der Waals surface area contributed by atoms with Crippen molar-refractivity contribution < 1.29 is 0 Å². The average molecular weight is 230 g/mol. The van der Waals surface area contributed by atoms with Crippen LogP contribution in [0.5, 0.6) is 0 Å². The van der Waals surface area contributed by atoms with Crippen molar-refractivity contribution in [2.24, 2.45) is 5.92 Å². The molecule has 2 rings (SSSR count). The number of hydrogen-bond donors (Lipinski definition) is 0. The Morgan fingerprint density at radius 1 is 1.00 bits per heavy atom. The van der Waals surface area contributed by atoms with Gasteiger partial charge in [-0.1, -0.05) is 56.9 Å². The summed E-state index contributed by atoms with van der Waals surface area (Å²) in [5, 5.41) is 0. The predicted molar refractivity (Wildman–Crippen MR) is 75.5 cm³/mol. The quantitative estimate of drug-likeness (QED) is 0.658. The van der Waals surface area contributed by atoms with Crippen molar-refractivity contribution >= 4 is 0 Å². The molecule has 1 aliphatic rings. The van der Waals surface area contributed by atoms with E-state index < -0.39 is 0 Å². The van der Waals surface area contributed by atoms with Crippen molar-refractivity contribution in [2.45, 2.75) is 65.2 Å². The summed E-state index contributed by atoms with van der Waals surface area (Å²) >= 11 is 0. The predicted octanol–water partition coefficient (Wildman–Crippen LogP) is 5.16. The molecule has 0 N–H and O–H groups in total. The summed E-state index contributed by atoms with van der Waals surface area (Å²) in [6.07, 6.45) is 7.14. The lowest BCUT2D eigenvalue weighted by atomic mass is 9.66. The fourth-order valence-corrected chi connectivity index (χ4v) is 3.58. The fourth-order valence-electron chi connectivity index (χ4n) is 3.58. The van der Waals surface area contributed by atoms with Crippen molar-refractivity contribution in [3.63, 3.8) is 0 Å². The Morgan fingerprint density at radius 3 is 2.24 bits per heavy atom. The van der Waals surface area contributed by atoms with E-state index in [1.54, 1.807) is 5.56 Å². The van der Waals surface area contributed by atoms with Crippen LogP contribution in [-0.2, 0) is 5.41 Å². The Bertz CT molecular complexity index is 381. The van der Waals surface area contributed by atoms with Gasteiger partial charge in [0.25, 0.3) is 0 Å². The SMILES string of the molecule is Cc1ccc(C(C)(C)C2CCCCC2)c(C)c1. The highest BCUT2D eigenvalue weighted by atomic mass is 14.4. The van der Waals surface area contributed by atoms with Crippen LogP contribution in [-0.4, -0.2) is 0 Å². The Hall–Kier alpha value is -0.780. The van der Waals surface area contributed by atoms with E-state index in [2.05, 4.69) is 45.9 Å². The smallest absolute Gasteiger partial charge is 0.00727 e. The Morgan fingerprint density at radius 2 is 1.65 bits per heavy atom. The van der Waals surface area contributed by atoms with E-state index in [4.69, 9.17) is 0 Å². The van der Waals surface area contributed by atoms with Gasteiger partial charge in [-0.15, -0.1) is 0 Å². The first-order chi connectivity index (χ1) is 8.01. The third kappa shape index (κ3) is 2.56. The minimum Gasteiger partial charge on any atom is -0.0590 e. The molecular weight excluding hydrogens is 204 g/mol. The van der Waals surface area contributed by atoms with Crippen LogP contribution in [0, 0.1) is 19.8 Å². The molecule has 0 heteroatoms. The molecule has 1 aromatic carbocycles. The van der Waals surface area contributed by atoms with Crippen LogP contribution in [0.25, 0.3) is 0 Å². The molecule has 1 saturated carbocycles. The first-order valence-corrected chi connectivity index (χ1v) is 7.09. The molecule has 0 saturated heterocycles. The van der Waals surface area contributed by atoms with Gasteiger partial charge in [-0.3, -0.25) is 0 Å². The fraction of sp³-hybridized carbons (Fsp3) is 0.647. The van der Waals surface area contributed by atoms with Gasteiger partial charge in [0.05, 0.1) is 0 Å². The second kappa shape index (κ2) is 4.84. The third-order valence-corrected chi connectivity index (χ3v) is 4.70. The summed E-state index contributed by atoms with van der Waals surface area (Å²) in [5.74, 6) is 0.873. The Labute approximate surface area is 106 Å². The Kier molecular flexibility index (Phi) is 3.61. The molecular formula is C17H26. The zero-order valence-corrected chi connectivity index (χ0v) is 11.8. The summed E-state index contributed by atoms with van der Waals surface area (Å²) in [7, 11) is 0. The van der Waals surface area contributed by atoms with E-state index in [1.165, 1.54) is 43.2 Å². The molecule has 0 amide bonds. The molecule has 1 aliphatic carbocycles. The molecule has 0 aromatic heterocycles. The largest absolute Gasteiger partial charge is 0.0590 e. The summed E-state index contributed by atoms with van der Waals surface area (Å²) in [6.45, 7) is 9.35. The third-order valence-electron chi connectivity index (χ3n) is 4.70. The molecule has 0 heterocycles. The van der Waals surface area contributed by atoms with E-state index in [1.807, 2.05) is 0 Å². The zero-order chi connectivity index (χ0) is 12.5. The minimum atomic E-state index is 0.345. The molecule has 94 valence electrons. The maximum Gasteiger partial charge on any atom is -0.00727 e. The number of hydrogen-bond acceptors (Lipinski definition) is 0. The Balaban J connectivity index is 2.29. The van der Waals surface area contributed by atoms with Crippen LogP contribution >= 0.6 is 0 Å². The van der Waals surface area contributed by atoms with Crippen LogP contribution in [0.4, 0.5) is 0 Å². The summed E-state index contributed by atoms with van der Waals surface area (Å²) in [4.78, 5) is 0. The standard InChI is InChI=1S/C17H26/c1-13-10-11-16(14(2)12-13)17(3,4)15-8-6-5-7-9-15/h10-12,15H,5-9H2,1-4H3. The molecule has 0 atom stereocenters. The van der Waals surface area contributed by atoms with Gasteiger partial charge in [0, 0.05) is 0 Å². The van der Waals surface area contributed by atoms with Crippen LogP contribution in [0.15, 0.2) is 18.2 Å². The lowest BCUT2D eigenvalue weighted by Crippen LogP contribution is -2.31. The van der Waals surface area contributed by atoms with E-state index >= 15 is 0 Å². The maximum absolute atomic E-state index is 2.45. The van der Waals surface area contributed by atoms with E-state index in [-0.39, 0.29) is 0 Å². The van der Waals surface area contributed by atoms with Crippen LogP contribution in [0.3, 0.4) is 0 Å². The lowest BCUT2D eigenvalue weighted by Gasteiger charge is -2.38. The highest BCUT2D eigenvalue weighted by Gasteiger charge is 2.32. The van der Waals surface area contributed by atoms with Crippen molar-refractivity contribution in [2.75, 3.05) is 0 Å². The molecule has 1 aromatic rings. The molecule has 1 fully saturated rings. The molecule has 17 heavy (non-hydrogen) atoms. The molecule has 0 unspecified atom stereocenters. The van der Waals surface area contributed by atoms with E-state index in [9.17, 15) is 0 Å². The van der Waals surface area contributed by atoms with Gasteiger partial charge >= 0.3 is 0 Å². The molecule has 0 spiro atoms. The molecule has 0 aliphatic heterocycles. The number of rotatable bonds is 2. The second-order valence-corrected chi connectivity index (χ2v) is 6.37. The van der Waals surface area contributed by atoms with Crippen LogP contribution < -0.4 is 0 Å². The van der Waals surface area contributed by atoms with Gasteiger partial charge in [-0.2, -0.15) is 0 Å². The maximum atomic E-state index is 2.45. The molecule has 0 radical (unpaired) electrons. The van der Waals surface area contributed by atoms with Gasteiger partial charge < -0.3 is 0 Å². The summed E-state index contributed by atoms with van der Waals surface area (Å²) in [5.41, 5.74) is 4.76. The highest BCUT2D eigenvalue weighted by Crippen LogP contribution is 2.41. The zero-order valence-electron chi connectivity index (χ0n) is 11.8.